The van der Waals surface area contributed by atoms with Gasteiger partial charge in [-0.05, 0) is 24.3 Å². The highest BCUT2D eigenvalue weighted by atomic mass is 19.1. The first-order valence-electron chi connectivity index (χ1n) is 8.54. The molecular weight excluding hydrogens is 351 g/mol. The fourth-order valence-electron chi connectivity index (χ4n) is 3.35. The molecule has 0 spiro atoms. The number of rotatable bonds is 3. The summed E-state index contributed by atoms with van der Waals surface area (Å²) in [6.45, 7) is 2.61. The zero-order valence-corrected chi connectivity index (χ0v) is 14.4. The van der Waals surface area contributed by atoms with Crippen LogP contribution in [-0.2, 0) is 0 Å². The van der Waals surface area contributed by atoms with E-state index in [1.54, 1.807) is 12.3 Å². The van der Waals surface area contributed by atoms with Crippen LogP contribution >= 0.6 is 0 Å². The Bertz CT molecular complexity index is 1060. The quantitative estimate of drug-likeness (QED) is 0.736. The molecule has 2 aromatic heterocycles. The number of carboxylic acids is 1. The summed E-state index contributed by atoms with van der Waals surface area (Å²) >= 11 is 0. The maximum Gasteiger partial charge on any atom is 0.341 e. The first-order valence-corrected chi connectivity index (χ1v) is 8.54. The molecule has 0 atom stereocenters. The minimum absolute atomic E-state index is 0.0308. The molecule has 1 saturated heterocycles. The van der Waals surface area contributed by atoms with Crippen LogP contribution in [0.1, 0.15) is 10.4 Å². The number of aromatic amines is 1. The number of piperazine rings is 1. The monoisotopic (exact) mass is 368 g/mol. The van der Waals surface area contributed by atoms with E-state index >= 15 is 0 Å². The second kappa shape index (κ2) is 6.71. The Balaban J connectivity index is 1.61. The molecule has 0 saturated carbocycles. The van der Waals surface area contributed by atoms with E-state index in [1.165, 1.54) is 0 Å². The van der Waals surface area contributed by atoms with E-state index in [0.29, 0.717) is 37.4 Å². The topological polar surface area (TPSA) is 89.5 Å². The number of hydrogen-bond acceptors (Lipinski definition) is 5. The van der Waals surface area contributed by atoms with Crippen molar-refractivity contribution in [2.45, 2.75) is 0 Å². The van der Waals surface area contributed by atoms with Gasteiger partial charge in [0.25, 0.3) is 0 Å². The van der Waals surface area contributed by atoms with E-state index in [-0.39, 0.29) is 5.39 Å². The molecule has 2 N–H and O–H groups in total. The average Bonchev–Trinajstić information content (AvgIpc) is 2.69. The molecule has 27 heavy (non-hydrogen) atoms. The van der Waals surface area contributed by atoms with Crippen LogP contribution in [0.5, 0.6) is 0 Å². The van der Waals surface area contributed by atoms with Crippen molar-refractivity contribution in [3.63, 3.8) is 0 Å². The molecule has 1 aromatic carbocycles. The van der Waals surface area contributed by atoms with Gasteiger partial charge in [-0.2, -0.15) is 0 Å². The summed E-state index contributed by atoms with van der Waals surface area (Å²) in [6.07, 6.45) is 2.89. The summed E-state index contributed by atoms with van der Waals surface area (Å²) < 4.78 is 14.7. The van der Waals surface area contributed by atoms with Gasteiger partial charge in [0.2, 0.25) is 5.43 Å². The Morgan fingerprint density at radius 3 is 2.56 bits per heavy atom. The number of benzene rings is 1. The zero-order valence-electron chi connectivity index (χ0n) is 14.4. The van der Waals surface area contributed by atoms with Gasteiger partial charge in [0.1, 0.15) is 17.2 Å². The molecule has 4 rings (SSSR count). The Kier molecular flexibility index (Phi) is 4.23. The van der Waals surface area contributed by atoms with E-state index in [4.69, 9.17) is 5.11 Å². The van der Waals surface area contributed by atoms with Crippen LogP contribution in [0.3, 0.4) is 0 Å². The number of H-pyrrole nitrogens is 1. The third kappa shape index (κ3) is 3.10. The minimum atomic E-state index is -1.34. The molecule has 138 valence electrons. The summed E-state index contributed by atoms with van der Waals surface area (Å²) in [5.74, 6) is -0.989. The largest absolute Gasteiger partial charge is 0.477 e. The van der Waals surface area contributed by atoms with Crippen molar-refractivity contribution in [2.75, 3.05) is 36.0 Å². The van der Waals surface area contributed by atoms with Crippen molar-refractivity contribution in [2.24, 2.45) is 0 Å². The van der Waals surface area contributed by atoms with Crippen molar-refractivity contribution < 1.29 is 14.3 Å². The summed E-state index contributed by atoms with van der Waals surface area (Å²) in [5, 5.41) is 9.07. The number of anilines is 2. The van der Waals surface area contributed by atoms with Gasteiger partial charge < -0.3 is 19.9 Å². The number of aromatic carboxylic acids is 1. The number of halogens is 1. The molecule has 0 radical (unpaired) electrons. The third-order valence-electron chi connectivity index (χ3n) is 4.77. The molecule has 0 unspecified atom stereocenters. The van der Waals surface area contributed by atoms with E-state index in [1.807, 2.05) is 23.1 Å². The smallest absolute Gasteiger partial charge is 0.341 e. The lowest BCUT2D eigenvalue weighted by atomic mass is 10.1. The van der Waals surface area contributed by atoms with Gasteiger partial charge in [0, 0.05) is 44.0 Å². The number of carboxylic acid groups (broad SMARTS) is 1. The summed E-state index contributed by atoms with van der Waals surface area (Å²) in [5.41, 5.74) is -0.296. The Labute approximate surface area is 153 Å². The van der Waals surface area contributed by atoms with Gasteiger partial charge in [-0.1, -0.05) is 6.07 Å². The molecule has 1 fully saturated rings. The highest BCUT2D eigenvalue weighted by Crippen LogP contribution is 2.25. The lowest BCUT2D eigenvalue weighted by molar-refractivity contribution is 0.0695. The van der Waals surface area contributed by atoms with E-state index in [2.05, 4.69) is 14.9 Å². The standard InChI is InChI=1S/C19H17FN4O3/c20-14-9-12-15(22-11-13(18(12)25)19(26)27)10-16(14)23-5-7-24(8-6-23)17-3-1-2-4-21-17/h1-4,9-11H,5-8H2,(H,22,25)(H,26,27). The minimum Gasteiger partial charge on any atom is -0.477 e. The van der Waals surface area contributed by atoms with Gasteiger partial charge >= 0.3 is 5.97 Å². The first-order chi connectivity index (χ1) is 13.0. The van der Waals surface area contributed by atoms with Gasteiger partial charge in [-0.15, -0.1) is 0 Å². The molecular formula is C19H17FN4O3. The van der Waals surface area contributed by atoms with Crippen LogP contribution in [0.2, 0.25) is 0 Å². The molecule has 3 aromatic rings. The molecule has 1 aliphatic heterocycles. The lowest BCUT2D eigenvalue weighted by Crippen LogP contribution is -2.47. The van der Waals surface area contributed by atoms with Crippen molar-refractivity contribution >= 4 is 28.4 Å². The van der Waals surface area contributed by atoms with Crippen LogP contribution < -0.4 is 15.2 Å². The maximum absolute atomic E-state index is 14.7. The highest BCUT2D eigenvalue weighted by molar-refractivity contribution is 5.93. The zero-order chi connectivity index (χ0) is 19.0. The van der Waals surface area contributed by atoms with Crippen molar-refractivity contribution in [3.05, 3.63) is 64.3 Å². The second-order valence-corrected chi connectivity index (χ2v) is 6.35. The number of hydrogen-bond donors (Lipinski definition) is 2. The predicted octanol–water partition coefficient (Wildman–Crippen LogP) is 2.09. The number of pyridine rings is 2. The van der Waals surface area contributed by atoms with Crippen molar-refractivity contribution in [3.8, 4) is 0 Å². The Morgan fingerprint density at radius 2 is 1.89 bits per heavy atom. The second-order valence-electron chi connectivity index (χ2n) is 6.35. The molecule has 3 heterocycles. The lowest BCUT2D eigenvalue weighted by Gasteiger charge is -2.36. The molecule has 0 bridgehead atoms. The van der Waals surface area contributed by atoms with Crippen LogP contribution in [0, 0.1) is 5.82 Å². The van der Waals surface area contributed by atoms with Crippen LogP contribution in [-0.4, -0.2) is 47.2 Å². The van der Waals surface area contributed by atoms with Crippen LogP contribution in [0.25, 0.3) is 10.9 Å². The average molecular weight is 368 g/mol. The van der Waals surface area contributed by atoms with Crippen LogP contribution in [0.4, 0.5) is 15.9 Å². The maximum atomic E-state index is 14.7. The van der Waals surface area contributed by atoms with E-state index in [9.17, 15) is 14.0 Å². The summed E-state index contributed by atoms with van der Waals surface area (Å²) in [7, 11) is 0. The van der Waals surface area contributed by atoms with Crippen LogP contribution in [0.15, 0.2) is 47.5 Å². The number of fused-ring (bicyclic) bond motifs is 1. The fraction of sp³-hybridized carbons (Fsp3) is 0.211. The molecule has 0 amide bonds. The third-order valence-corrected chi connectivity index (χ3v) is 4.77. The fourth-order valence-corrected chi connectivity index (χ4v) is 3.35. The molecule has 1 aliphatic rings. The molecule has 7 nitrogen and oxygen atoms in total. The van der Waals surface area contributed by atoms with E-state index < -0.39 is 22.8 Å². The van der Waals surface area contributed by atoms with Gasteiger partial charge in [-0.25, -0.2) is 14.2 Å². The van der Waals surface area contributed by atoms with Crippen molar-refractivity contribution in [1.29, 1.82) is 0 Å². The number of aromatic nitrogens is 2. The Hall–Kier alpha value is -3.42. The molecule has 8 heteroatoms. The van der Waals surface area contributed by atoms with Gasteiger partial charge in [-0.3, -0.25) is 4.79 Å². The number of nitrogens with one attached hydrogen (secondary N) is 1. The Morgan fingerprint density at radius 1 is 1.15 bits per heavy atom. The summed E-state index contributed by atoms with van der Waals surface area (Å²) in [6, 6.07) is 8.41. The highest BCUT2D eigenvalue weighted by Gasteiger charge is 2.22. The SMILES string of the molecule is O=C(O)c1c[nH]c2cc(N3CCN(c4ccccn4)CC3)c(F)cc2c1=O. The number of nitrogens with zero attached hydrogens (tertiary/aromatic N) is 3. The number of carbonyl (C=O) groups is 1. The normalized spacial score (nSPS) is 14.6. The summed E-state index contributed by atoms with van der Waals surface area (Å²) in [4.78, 5) is 34.5. The first kappa shape index (κ1) is 17.0. The van der Waals surface area contributed by atoms with Gasteiger partial charge in [0.15, 0.2) is 0 Å². The van der Waals surface area contributed by atoms with Crippen molar-refractivity contribution in [1.82, 2.24) is 9.97 Å². The molecule has 0 aliphatic carbocycles. The predicted molar refractivity (Wildman–Crippen MR) is 100 cm³/mol. The van der Waals surface area contributed by atoms with E-state index in [0.717, 1.165) is 18.1 Å². The van der Waals surface area contributed by atoms with Gasteiger partial charge in [0.05, 0.1) is 11.2 Å².